The molecule has 2 aromatic rings. The summed E-state index contributed by atoms with van der Waals surface area (Å²) in [6.07, 6.45) is 1.01. The minimum Gasteiger partial charge on any atom is -0.337 e. The molecule has 1 aromatic heterocycles. The lowest BCUT2D eigenvalue weighted by atomic mass is 10.2. The van der Waals surface area contributed by atoms with Crippen LogP contribution in [0, 0.1) is 5.92 Å². The second-order valence-corrected chi connectivity index (χ2v) is 6.80. The Balaban J connectivity index is 1.57. The normalized spacial score (nSPS) is 17.4. The van der Waals surface area contributed by atoms with Crippen molar-refractivity contribution in [2.24, 2.45) is 13.0 Å². The molecule has 2 heterocycles. The highest BCUT2D eigenvalue weighted by molar-refractivity contribution is 7.99. The minimum absolute atomic E-state index is 0.0900. The Bertz CT molecular complexity index is 745. The van der Waals surface area contributed by atoms with E-state index in [4.69, 9.17) is 0 Å². The van der Waals surface area contributed by atoms with Gasteiger partial charge in [-0.15, -0.1) is 11.8 Å². The summed E-state index contributed by atoms with van der Waals surface area (Å²) < 4.78 is 1.20. The highest BCUT2D eigenvalue weighted by Gasteiger charge is 2.27. The van der Waals surface area contributed by atoms with E-state index in [1.807, 2.05) is 34.9 Å². The minimum atomic E-state index is -0.208. The molecule has 0 saturated carbocycles. The van der Waals surface area contributed by atoms with Crippen LogP contribution >= 0.6 is 11.8 Å². The Morgan fingerprint density at radius 3 is 2.78 bits per heavy atom. The third-order valence-corrected chi connectivity index (χ3v) is 5.23. The highest BCUT2D eigenvalue weighted by Crippen LogP contribution is 2.26. The van der Waals surface area contributed by atoms with Gasteiger partial charge in [0.2, 0.25) is 0 Å². The fraction of sp³-hybridized carbons (Fsp3) is 0.353. The van der Waals surface area contributed by atoms with Crippen molar-refractivity contribution in [3.63, 3.8) is 0 Å². The number of aryl methyl sites for hydroxylation is 1. The number of rotatable bonds is 4. The molecule has 0 bridgehead atoms. The molecule has 1 aliphatic heterocycles. The molecule has 1 saturated heterocycles. The molecule has 23 heavy (non-hydrogen) atoms. The summed E-state index contributed by atoms with van der Waals surface area (Å²) in [7, 11) is 1.56. The van der Waals surface area contributed by atoms with Crippen molar-refractivity contribution in [3.8, 4) is 0 Å². The molecular weight excluding hydrogens is 310 g/mol. The summed E-state index contributed by atoms with van der Waals surface area (Å²) in [5.41, 5.74) is 0.128. The first-order valence-corrected chi connectivity index (χ1v) is 8.63. The number of hydrogen-bond donors (Lipinski definition) is 0. The van der Waals surface area contributed by atoms with E-state index in [0.717, 1.165) is 25.3 Å². The molecule has 5 nitrogen and oxygen atoms in total. The van der Waals surface area contributed by atoms with Gasteiger partial charge in [-0.1, -0.05) is 18.2 Å². The lowest BCUT2D eigenvalue weighted by Crippen LogP contribution is -2.32. The molecule has 1 atom stereocenters. The van der Waals surface area contributed by atoms with Gasteiger partial charge in [0, 0.05) is 36.9 Å². The number of likely N-dealkylation sites (tertiary alicyclic amines) is 1. The molecule has 6 heteroatoms. The van der Waals surface area contributed by atoms with Gasteiger partial charge in [0.15, 0.2) is 0 Å². The molecule has 0 unspecified atom stereocenters. The number of nitrogens with zero attached hydrogens (tertiary/aromatic N) is 3. The fourth-order valence-electron chi connectivity index (χ4n) is 2.66. The van der Waals surface area contributed by atoms with E-state index >= 15 is 0 Å². The smallest absolute Gasteiger partial charge is 0.274 e. The van der Waals surface area contributed by atoms with Crippen molar-refractivity contribution in [1.29, 1.82) is 0 Å². The van der Waals surface area contributed by atoms with Crippen LogP contribution in [0.15, 0.2) is 52.2 Å². The van der Waals surface area contributed by atoms with Crippen molar-refractivity contribution < 1.29 is 4.79 Å². The van der Waals surface area contributed by atoms with E-state index in [2.05, 4.69) is 17.2 Å². The van der Waals surface area contributed by atoms with E-state index in [1.54, 1.807) is 7.05 Å². The second kappa shape index (κ2) is 7.00. The van der Waals surface area contributed by atoms with E-state index in [-0.39, 0.29) is 11.5 Å². The monoisotopic (exact) mass is 329 g/mol. The molecule has 0 radical (unpaired) electrons. The molecule has 1 aromatic carbocycles. The molecule has 0 spiro atoms. The highest BCUT2D eigenvalue weighted by atomic mass is 32.2. The van der Waals surface area contributed by atoms with Gasteiger partial charge in [-0.05, 0) is 30.5 Å². The number of carbonyl (C=O) groups excluding carboxylic acids is 1. The van der Waals surface area contributed by atoms with Crippen molar-refractivity contribution in [1.82, 2.24) is 14.7 Å². The Morgan fingerprint density at radius 1 is 1.26 bits per heavy atom. The zero-order valence-corrected chi connectivity index (χ0v) is 13.8. The number of carbonyl (C=O) groups is 1. The van der Waals surface area contributed by atoms with E-state index in [1.165, 1.54) is 21.7 Å². The predicted molar refractivity (Wildman–Crippen MR) is 90.7 cm³/mol. The van der Waals surface area contributed by atoms with Crippen LogP contribution in [0.3, 0.4) is 0 Å². The maximum absolute atomic E-state index is 12.5. The van der Waals surface area contributed by atoms with Crippen molar-refractivity contribution in [2.45, 2.75) is 11.3 Å². The van der Waals surface area contributed by atoms with Crippen LogP contribution in [0.4, 0.5) is 0 Å². The van der Waals surface area contributed by atoms with E-state index in [9.17, 15) is 9.59 Å². The summed E-state index contributed by atoms with van der Waals surface area (Å²) >= 11 is 1.83. The number of amides is 1. The molecule has 3 rings (SSSR count). The summed E-state index contributed by atoms with van der Waals surface area (Å²) in [4.78, 5) is 26.9. The topological polar surface area (TPSA) is 55.2 Å². The summed E-state index contributed by atoms with van der Waals surface area (Å²) in [5, 5.41) is 4.04. The predicted octanol–water partition coefficient (Wildman–Crippen LogP) is 2.03. The first-order chi connectivity index (χ1) is 11.1. The van der Waals surface area contributed by atoms with Crippen LogP contribution in [0.5, 0.6) is 0 Å². The Morgan fingerprint density at radius 2 is 2.04 bits per heavy atom. The van der Waals surface area contributed by atoms with Crippen LogP contribution in [0.25, 0.3) is 0 Å². The Kier molecular flexibility index (Phi) is 4.81. The third kappa shape index (κ3) is 3.82. The number of aromatic nitrogens is 2. The third-order valence-electron chi connectivity index (χ3n) is 3.98. The molecule has 120 valence electrons. The van der Waals surface area contributed by atoms with Crippen LogP contribution < -0.4 is 5.56 Å². The Labute approximate surface area is 139 Å². The maximum Gasteiger partial charge on any atom is 0.274 e. The average Bonchev–Trinajstić information content (AvgIpc) is 3.05. The van der Waals surface area contributed by atoms with Gasteiger partial charge in [-0.25, -0.2) is 4.68 Å². The first-order valence-electron chi connectivity index (χ1n) is 7.65. The molecule has 1 aliphatic rings. The molecule has 0 N–H and O–H groups in total. The van der Waals surface area contributed by atoms with Gasteiger partial charge in [0.05, 0.1) is 0 Å². The van der Waals surface area contributed by atoms with Crippen molar-refractivity contribution in [2.75, 3.05) is 18.8 Å². The van der Waals surface area contributed by atoms with Crippen LogP contribution in [-0.4, -0.2) is 39.4 Å². The second-order valence-electron chi connectivity index (χ2n) is 5.71. The van der Waals surface area contributed by atoms with Crippen molar-refractivity contribution in [3.05, 3.63) is 58.5 Å². The number of hydrogen-bond acceptors (Lipinski definition) is 4. The van der Waals surface area contributed by atoms with Gasteiger partial charge < -0.3 is 4.90 Å². The van der Waals surface area contributed by atoms with Crippen LogP contribution in [0.1, 0.15) is 16.9 Å². The standard InChI is InChI=1S/C17H19N3O2S/c1-19-16(21)8-7-15(18-19)17(22)20-10-9-13(11-20)12-23-14-5-3-2-4-6-14/h2-8,13H,9-12H2,1H3/t13-/m0/s1. The summed E-state index contributed by atoms with van der Waals surface area (Å²) in [6, 6.07) is 13.2. The van der Waals surface area contributed by atoms with Gasteiger partial charge in [-0.3, -0.25) is 9.59 Å². The average molecular weight is 329 g/mol. The number of benzene rings is 1. The molecular formula is C17H19N3O2S. The lowest BCUT2D eigenvalue weighted by Gasteiger charge is -2.16. The van der Waals surface area contributed by atoms with Gasteiger partial charge in [0.25, 0.3) is 11.5 Å². The molecule has 0 aliphatic carbocycles. The Hall–Kier alpha value is -2.08. The zero-order valence-electron chi connectivity index (χ0n) is 13.0. The maximum atomic E-state index is 12.5. The quantitative estimate of drug-likeness (QED) is 0.806. The van der Waals surface area contributed by atoms with Gasteiger partial charge in [-0.2, -0.15) is 5.10 Å². The van der Waals surface area contributed by atoms with E-state index in [0.29, 0.717) is 11.6 Å². The van der Waals surface area contributed by atoms with Gasteiger partial charge >= 0.3 is 0 Å². The SMILES string of the molecule is Cn1nc(C(=O)N2CC[C@H](CSc3ccccc3)C2)ccc1=O. The largest absolute Gasteiger partial charge is 0.337 e. The van der Waals surface area contributed by atoms with E-state index < -0.39 is 0 Å². The van der Waals surface area contributed by atoms with Crippen molar-refractivity contribution >= 4 is 17.7 Å². The van der Waals surface area contributed by atoms with Crippen LogP contribution in [-0.2, 0) is 7.05 Å². The molecule has 1 amide bonds. The van der Waals surface area contributed by atoms with Crippen LogP contribution in [0.2, 0.25) is 0 Å². The molecule has 1 fully saturated rings. The first kappa shape index (κ1) is 15.8. The fourth-order valence-corrected chi connectivity index (χ4v) is 3.71. The van der Waals surface area contributed by atoms with Gasteiger partial charge in [0.1, 0.15) is 5.69 Å². The zero-order chi connectivity index (χ0) is 16.2. The number of thioether (sulfide) groups is 1. The summed E-state index contributed by atoms with van der Waals surface area (Å²) in [5.74, 6) is 1.42. The lowest BCUT2D eigenvalue weighted by molar-refractivity contribution is 0.0780. The summed E-state index contributed by atoms with van der Waals surface area (Å²) in [6.45, 7) is 1.51.